The third-order valence-corrected chi connectivity index (χ3v) is 2.60. The van der Waals surface area contributed by atoms with Crippen molar-refractivity contribution in [2.45, 2.75) is 31.7 Å². The highest BCUT2D eigenvalue weighted by Crippen LogP contribution is 2.21. The molecule has 3 N–H and O–H groups in total. The minimum Gasteiger partial charge on any atom is -0.351 e. The van der Waals surface area contributed by atoms with E-state index >= 15 is 0 Å². The number of nitrogens with zero attached hydrogens (tertiary/aromatic N) is 1. The van der Waals surface area contributed by atoms with Gasteiger partial charge in [-0.3, -0.25) is 15.0 Å². The lowest BCUT2D eigenvalue weighted by atomic mass is 10.2. The standard InChI is InChI=1S/C9H17N3O2/c1-12(7-4-2-3-5-7)6-8(13)11-9(10)14/h7H,2-6H2,1H3,(H3,10,11,13,14). The Morgan fingerprint density at radius 3 is 2.50 bits per heavy atom. The molecule has 0 unspecified atom stereocenters. The summed E-state index contributed by atoms with van der Waals surface area (Å²) in [5.41, 5.74) is 4.83. The molecule has 0 radical (unpaired) electrons. The first-order valence-electron chi connectivity index (χ1n) is 4.89. The molecular formula is C9H17N3O2. The van der Waals surface area contributed by atoms with Gasteiger partial charge in [-0.05, 0) is 19.9 Å². The van der Waals surface area contributed by atoms with Crippen LogP contribution in [0.1, 0.15) is 25.7 Å². The van der Waals surface area contributed by atoms with Crippen LogP contribution in [0.15, 0.2) is 0 Å². The van der Waals surface area contributed by atoms with Crippen LogP contribution in [0.5, 0.6) is 0 Å². The molecule has 5 nitrogen and oxygen atoms in total. The van der Waals surface area contributed by atoms with Crippen LogP contribution < -0.4 is 11.1 Å². The van der Waals surface area contributed by atoms with Gasteiger partial charge in [0.25, 0.3) is 0 Å². The molecule has 0 aromatic carbocycles. The average molecular weight is 199 g/mol. The molecule has 5 heteroatoms. The molecule has 14 heavy (non-hydrogen) atoms. The van der Waals surface area contributed by atoms with Gasteiger partial charge in [0.1, 0.15) is 0 Å². The van der Waals surface area contributed by atoms with Gasteiger partial charge in [0.05, 0.1) is 6.54 Å². The van der Waals surface area contributed by atoms with E-state index in [1.807, 2.05) is 11.9 Å². The second kappa shape index (κ2) is 4.95. The molecule has 0 spiro atoms. The van der Waals surface area contributed by atoms with E-state index in [-0.39, 0.29) is 12.5 Å². The Labute approximate surface area is 83.6 Å². The first-order chi connectivity index (χ1) is 6.59. The predicted molar refractivity (Wildman–Crippen MR) is 52.6 cm³/mol. The molecular weight excluding hydrogens is 182 g/mol. The number of hydrogen-bond donors (Lipinski definition) is 2. The number of imide groups is 1. The van der Waals surface area contributed by atoms with Crippen LogP contribution in [0.25, 0.3) is 0 Å². The fourth-order valence-electron chi connectivity index (χ4n) is 1.88. The predicted octanol–water partition coefficient (Wildman–Crippen LogP) is 0.0557. The maximum Gasteiger partial charge on any atom is 0.318 e. The van der Waals surface area contributed by atoms with Gasteiger partial charge in [-0.2, -0.15) is 0 Å². The zero-order valence-corrected chi connectivity index (χ0v) is 8.45. The summed E-state index contributed by atoms with van der Waals surface area (Å²) < 4.78 is 0. The van der Waals surface area contributed by atoms with E-state index in [0.717, 1.165) is 12.8 Å². The Morgan fingerprint density at radius 2 is 2.00 bits per heavy atom. The maximum atomic E-state index is 11.2. The van der Waals surface area contributed by atoms with Crippen LogP contribution in [-0.4, -0.2) is 36.5 Å². The molecule has 3 amide bonds. The smallest absolute Gasteiger partial charge is 0.318 e. The lowest BCUT2D eigenvalue weighted by molar-refractivity contribution is -0.121. The Balaban J connectivity index is 2.28. The first-order valence-corrected chi connectivity index (χ1v) is 4.89. The van der Waals surface area contributed by atoms with Gasteiger partial charge in [0.15, 0.2) is 0 Å². The van der Waals surface area contributed by atoms with Crippen LogP contribution in [0.4, 0.5) is 4.79 Å². The summed E-state index contributed by atoms with van der Waals surface area (Å²) in [6.45, 7) is 0.244. The summed E-state index contributed by atoms with van der Waals surface area (Å²) >= 11 is 0. The molecule has 0 saturated heterocycles. The Morgan fingerprint density at radius 1 is 1.43 bits per heavy atom. The highest BCUT2D eigenvalue weighted by molar-refractivity contribution is 5.94. The minimum atomic E-state index is -0.783. The lowest BCUT2D eigenvalue weighted by Crippen LogP contribution is -2.43. The van der Waals surface area contributed by atoms with E-state index in [0.29, 0.717) is 6.04 Å². The first kappa shape index (κ1) is 11.0. The highest BCUT2D eigenvalue weighted by Gasteiger charge is 2.21. The quantitative estimate of drug-likeness (QED) is 0.674. The van der Waals surface area contributed by atoms with Crippen LogP contribution in [0.3, 0.4) is 0 Å². The van der Waals surface area contributed by atoms with E-state index in [9.17, 15) is 9.59 Å². The molecule has 0 aromatic heterocycles. The fraction of sp³-hybridized carbons (Fsp3) is 0.778. The molecule has 1 fully saturated rings. The van der Waals surface area contributed by atoms with Crippen molar-refractivity contribution in [1.82, 2.24) is 10.2 Å². The minimum absolute atomic E-state index is 0.244. The number of nitrogens with one attached hydrogen (secondary N) is 1. The van der Waals surface area contributed by atoms with Gasteiger partial charge < -0.3 is 5.73 Å². The third kappa shape index (κ3) is 3.33. The molecule has 1 saturated carbocycles. The number of carbonyl (C=O) groups is 2. The largest absolute Gasteiger partial charge is 0.351 e. The summed E-state index contributed by atoms with van der Waals surface area (Å²) in [6.07, 6.45) is 4.74. The maximum absolute atomic E-state index is 11.2. The second-order valence-electron chi connectivity index (χ2n) is 3.77. The SMILES string of the molecule is CN(CC(=O)NC(N)=O)C1CCCC1. The zero-order valence-electron chi connectivity index (χ0n) is 8.45. The van der Waals surface area contributed by atoms with Crippen LogP contribution in [0.2, 0.25) is 0 Å². The van der Waals surface area contributed by atoms with Crippen molar-refractivity contribution in [3.63, 3.8) is 0 Å². The van der Waals surface area contributed by atoms with Crippen molar-refractivity contribution in [2.24, 2.45) is 5.73 Å². The number of urea groups is 1. The van der Waals surface area contributed by atoms with Gasteiger partial charge in [-0.15, -0.1) is 0 Å². The molecule has 1 aliphatic carbocycles. The number of hydrogen-bond acceptors (Lipinski definition) is 3. The Kier molecular flexibility index (Phi) is 3.88. The van der Waals surface area contributed by atoms with Crippen molar-refractivity contribution in [1.29, 1.82) is 0 Å². The number of likely N-dealkylation sites (N-methyl/N-ethyl adjacent to an activating group) is 1. The van der Waals surface area contributed by atoms with Gasteiger partial charge in [0.2, 0.25) is 5.91 Å². The molecule has 80 valence electrons. The van der Waals surface area contributed by atoms with Crippen LogP contribution >= 0.6 is 0 Å². The number of carbonyl (C=O) groups excluding carboxylic acids is 2. The Bertz CT molecular complexity index is 224. The number of amides is 3. The number of nitrogens with two attached hydrogens (primary N) is 1. The summed E-state index contributed by atoms with van der Waals surface area (Å²) in [4.78, 5) is 23.5. The molecule has 0 aliphatic heterocycles. The van der Waals surface area contributed by atoms with E-state index in [1.54, 1.807) is 0 Å². The fourth-order valence-corrected chi connectivity index (χ4v) is 1.88. The van der Waals surface area contributed by atoms with Gasteiger partial charge in [-0.25, -0.2) is 4.79 Å². The highest BCUT2D eigenvalue weighted by atomic mass is 16.2. The van der Waals surface area contributed by atoms with Gasteiger partial charge in [-0.1, -0.05) is 12.8 Å². The summed E-state index contributed by atoms with van der Waals surface area (Å²) in [5, 5.41) is 2.06. The van der Waals surface area contributed by atoms with Gasteiger partial charge >= 0.3 is 6.03 Å². The molecule has 0 bridgehead atoms. The van der Waals surface area contributed by atoms with Gasteiger partial charge in [0, 0.05) is 6.04 Å². The zero-order chi connectivity index (χ0) is 10.6. The third-order valence-electron chi connectivity index (χ3n) is 2.60. The van der Waals surface area contributed by atoms with Crippen molar-refractivity contribution in [3.05, 3.63) is 0 Å². The molecule has 0 aromatic rings. The summed E-state index contributed by atoms with van der Waals surface area (Å²) in [7, 11) is 1.90. The molecule has 0 heterocycles. The van der Waals surface area contributed by atoms with E-state index in [4.69, 9.17) is 5.73 Å². The number of primary amides is 1. The van der Waals surface area contributed by atoms with Crippen molar-refractivity contribution in [3.8, 4) is 0 Å². The number of rotatable bonds is 3. The second-order valence-corrected chi connectivity index (χ2v) is 3.77. The molecule has 1 rings (SSSR count). The summed E-state index contributed by atoms with van der Waals surface area (Å²) in [6, 6.07) is -0.302. The van der Waals surface area contributed by atoms with Crippen molar-refractivity contribution in [2.75, 3.05) is 13.6 Å². The average Bonchev–Trinajstić information content (AvgIpc) is 2.53. The molecule has 1 aliphatic rings. The van der Waals surface area contributed by atoms with Crippen LogP contribution in [-0.2, 0) is 4.79 Å². The van der Waals surface area contributed by atoms with E-state index < -0.39 is 6.03 Å². The van der Waals surface area contributed by atoms with Crippen molar-refractivity contribution >= 4 is 11.9 Å². The topological polar surface area (TPSA) is 75.4 Å². The van der Waals surface area contributed by atoms with Crippen molar-refractivity contribution < 1.29 is 9.59 Å². The Hall–Kier alpha value is -1.10. The molecule has 0 atom stereocenters. The van der Waals surface area contributed by atoms with E-state index in [1.165, 1.54) is 12.8 Å². The monoisotopic (exact) mass is 199 g/mol. The van der Waals surface area contributed by atoms with E-state index in [2.05, 4.69) is 5.32 Å². The van der Waals surface area contributed by atoms with Crippen LogP contribution in [0, 0.1) is 0 Å². The summed E-state index contributed by atoms with van der Waals surface area (Å²) in [5.74, 6) is -0.327. The normalized spacial score (nSPS) is 17.3. The lowest BCUT2D eigenvalue weighted by Gasteiger charge is -2.22.